The second-order valence-corrected chi connectivity index (χ2v) is 2.94. The summed E-state index contributed by atoms with van der Waals surface area (Å²) in [6.07, 6.45) is 0.648. The molecule has 0 atom stereocenters. The minimum absolute atomic E-state index is 0.299. The number of benzene rings is 1. The number of aldehydes is 1. The van der Waals surface area contributed by atoms with Crippen LogP contribution in [0, 0.1) is 12.7 Å². The Kier molecular flexibility index (Phi) is 1.96. The van der Waals surface area contributed by atoms with Crippen LogP contribution in [-0.4, -0.2) is 16.3 Å². The highest BCUT2D eigenvalue weighted by Crippen LogP contribution is 2.15. The van der Waals surface area contributed by atoms with E-state index in [0.29, 0.717) is 28.7 Å². The third-order valence-corrected chi connectivity index (χ3v) is 1.91. The van der Waals surface area contributed by atoms with E-state index >= 15 is 0 Å². The van der Waals surface area contributed by atoms with E-state index in [1.807, 2.05) is 0 Å². The molecular formula is C10H7FN2O. The Morgan fingerprint density at radius 3 is 2.86 bits per heavy atom. The lowest BCUT2D eigenvalue weighted by atomic mass is 10.2. The smallest absolute Gasteiger partial charge is 0.169 e. The molecule has 0 aliphatic rings. The van der Waals surface area contributed by atoms with Crippen LogP contribution < -0.4 is 0 Å². The van der Waals surface area contributed by atoms with Crippen molar-refractivity contribution in [3.05, 3.63) is 35.5 Å². The Morgan fingerprint density at radius 2 is 2.14 bits per heavy atom. The average Bonchev–Trinajstić information content (AvgIpc) is 2.15. The topological polar surface area (TPSA) is 42.9 Å². The number of nitrogens with zero attached hydrogens (tertiary/aromatic N) is 2. The zero-order chi connectivity index (χ0) is 10.1. The zero-order valence-electron chi connectivity index (χ0n) is 7.49. The standard InChI is InChI=1S/C10H7FN2O/c1-6-12-9-4-7(11)2-3-8(9)10(5-14)13-6/h2-5H,1H3. The molecule has 0 saturated heterocycles. The molecule has 3 nitrogen and oxygen atoms in total. The first-order valence-corrected chi connectivity index (χ1v) is 4.10. The predicted octanol–water partition coefficient (Wildman–Crippen LogP) is 1.89. The Balaban J connectivity index is 2.87. The van der Waals surface area contributed by atoms with Crippen molar-refractivity contribution < 1.29 is 9.18 Å². The molecule has 70 valence electrons. The number of fused-ring (bicyclic) bond motifs is 1. The summed E-state index contributed by atoms with van der Waals surface area (Å²) in [5.74, 6) is 0.0950. The van der Waals surface area contributed by atoms with Gasteiger partial charge in [0.05, 0.1) is 5.52 Å². The fraction of sp³-hybridized carbons (Fsp3) is 0.100. The van der Waals surface area contributed by atoms with Gasteiger partial charge in [-0.25, -0.2) is 14.4 Å². The lowest BCUT2D eigenvalue weighted by Crippen LogP contribution is -1.96. The summed E-state index contributed by atoms with van der Waals surface area (Å²) < 4.78 is 12.9. The maximum absolute atomic E-state index is 12.9. The Bertz CT molecular complexity index is 505. The molecule has 1 aromatic heterocycles. The lowest BCUT2D eigenvalue weighted by molar-refractivity contribution is 0.112. The molecule has 0 amide bonds. The lowest BCUT2D eigenvalue weighted by Gasteiger charge is -2.00. The number of halogens is 1. The molecule has 1 heterocycles. The number of hydrogen-bond donors (Lipinski definition) is 0. The van der Waals surface area contributed by atoms with Crippen molar-refractivity contribution in [3.63, 3.8) is 0 Å². The summed E-state index contributed by atoms with van der Waals surface area (Å²) in [6, 6.07) is 4.08. The third kappa shape index (κ3) is 1.35. The largest absolute Gasteiger partial charge is 0.296 e. The van der Waals surface area contributed by atoms with Crippen LogP contribution >= 0.6 is 0 Å². The highest BCUT2D eigenvalue weighted by Gasteiger charge is 2.05. The predicted molar refractivity (Wildman–Crippen MR) is 49.6 cm³/mol. The van der Waals surface area contributed by atoms with Crippen LogP contribution in [0.25, 0.3) is 10.9 Å². The highest BCUT2D eigenvalue weighted by molar-refractivity contribution is 5.94. The normalized spacial score (nSPS) is 10.4. The molecule has 0 bridgehead atoms. The third-order valence-electron chi connectivity index (χ3n) is 1.91. The molecule has 0 saturated carbocycles. The number of rotatable bonds is 1. The van der Waals surface area contributed by atoms with Crippen molar-refractivity contribution in [1.82, 2.24) is 9.97 Å². The second kappa shape index (κ2) is 3.14. The summed E-state index contributed by atoms with van der Waals surface area (Å²) in [4.78, 5) is 18.7. The molecule has 2 aromatic rings. The molecule has 14 heavy (non-hydrogen) atoms. The minimum atomic E-state index is -0.368. The van der Waals surface area contributed by atoms with Crippen molar-refractivity contribution in [2.45, 2.75) is 6.92 Å². The van der Waals surface area contributed by atoms with Gasteiger partial charge in [0, 0.05) is 11.5 Å². The highest BCUT2D eigenvalue weighted by atomic mass is 19.1. The number of carbonyl (C=O) groups excluding carboxylic acids is 1. The Morgan fingerprint density at radius 1 is 1.36 bits per heavy atom. The van der Waals surface area contributed by atoms with Crippen molar-refractivity contribution in [1.29, 1.82) is 0 Å². The Labute approximate surface area is 79.6 Å². The van der Waals surface area contributed by atoms with Crippen LogP contribution in [-0.2, 0) is 0 Å². The van der Waals surface area contributed by atoms with Gasteiger partial charge in [-0.1, -0.05) is 0 Å². The van der Waals surface area contributed by atoms with Gasteiger partial charge in [0.2, 0.25) is 0 Å². The number of carbonyl (C=O) groups is 1. The minimum Gasteiger partial charge on any atom is -0.296 e. The monoisotopic (exact) mass is 190 g/mol. The fourth-order valence-corrected chi connectivity index (χ4v) is 1.34. The summed E-state index contributed by atoms with van der Waals surface area (Å²) in [5.41, 5.74) is 0.757. The molecule has 0 unspecified atom stereocenters. The van der Waals surface area contributed by atoms with Crippen LogP contribution in [0.3, 0.4) is 0 Å². The van der Waals surface area contributed by atoms with Crippen LogP contribution in [0.4, 0.5) is 4.39 Å². The molecule has 1 aromatic carbocycles. The van der Waals surface area contributed by atoms with Gasteiger partial charge in [0.15, 0.2) is 6.29 Å². The Hall–Kier alpha value is -1.84. The van der Waals surface area contributed by atoms with Crippen LogP contribution in [0.2, 0.25) is 0 Å². The van der Waals surface area contributed by atoms with Crippen molar-refractivity contribution >= 4 is 17.2 Å². The first-order valence-electron chi connectivity index (χ1n) is 4.10. The van der Waals surface area contributed by atoms with Gasteiger partial charge < -0.3 is 0 Å². The number of aryl methyl sites for hydroxylation is 1. The van der Waals surface area contributed by atoms with Gasteiger partial charge in [0.25, 0.3) is 0 Å². The summed E-state index contributed by atoms with van der Waals surface area (Å²) >= 11 is 0. The van der Waals surface area contributed by atoms with Gasteiger partial charge >= 0.3 is 0 Å². The van der Waals surface area contributed by atoms with Crippen molar-refractivity contribution in [2.75, 3.05) is 0 Å². The first kappa shape index (κ1) is 8.74. The molecule has 0 aliphatic heterocycles. The molecular weight excluding hydrogens is 183 g/mol. The molecule has 2 rings (SSSR count). The first-order chi connectivity index (χ1) is 6.70. The van der Waals surface area contributed by atoms with E-state index in [9.17, 15) is 9.18 Å². The maximum Gasteiger partial charge on any atom is 0.169 e. The summed E-state index contributed by atoms with van der Waals surface area (Å²) in [7, 11) is 0. The molecule has 0 spiro atoms. The van der Waals surface area contributed by atoms with Crippen molar-refractivity contribution in [3.8, 4) is 0 Å². The van der Waals surface area contributed by atoms with Gasteiger partial charge in [-0.3, -0.25) is 4.79 Å². The quantitative estimate of drug-likeness (QED) is 0.645. The van der Waals surface area contributed by atoms with Gasteiger partial charge in [0.1, 0.15) is 17.3 Å². The SMILES string of the molecule is Cc1nc(C=O)c2ccc(F)cc2n1. The van der Waals surface area contributed by atoms with Crippen molar-refractivity contribution in [2.24, 2.45) is 0 Å². The van der Waals surface area contributed by atoms with Crippen LogP contribution in [0.1, 0.15) is 16.3 Å². The molecule has 0 N–H and O–H groups in total. The molecule has 0 aliphatic carbocycles. The van der Waals surface area contributed by atoms with E-state index in [0.717, 1.165) is 0 Å². The van der Waals surface area contributed by atoms with E-state index < -0.39 is 0 Å². The van der Waals surface area contributed by atoms with Gasteiger partial charge in [-0.15, -0.1) is 0 Å². The van der Waals surface area contributed by atoms with Crippen LogP contribution in [0.15, 0.2) is 18.2 Å². The molecule has 0 radical (unpaired) electrons. The molecule has 4 heteroatoms. The van der Waals surface area contributed by atoms with E-state index in [4.69, 9.17) is 0 Å². The average molecular weight is 190 g/mol. The van der Waals surface area contributed by atoms with E-state index in [1.54, 1.807) is 6.92 Å². The number of aromatic nitrogens is 2. The number of hydrogen-bond acceptors (Lipinski definition) is 3. The van der Waals surface area contributed by atoms with E-state index in [2.05, 4.69) is 9.97 Å². The van der Waals surface area contributed by atoms with Gasteiger partial charge in [-0.2, -0.15) is 0 Å². The summed E-state index contributed by atoms with van der Waals surface area (Å²) in [6.45, 7) is 1.66. The summed E-state index contributed by atoms with van der Waals surface area (Å²) in [5, 5.41) is 0.576. The second-order valence-electron chi connectivity index (χ2n) is 2.94. The zero-order valence-corrected chi connectivity index (χ0v) is 7.49. The van der Waals surface area contributed by atoms with E-state index in [1.165, 1.54) is 18.2 Å². The molecule has 0 fully saturated rings. The van der Waals surface area contributed by atoms with Crippen LogP contribution in [0.5, 0.6) is 0 Å². The maximum atomic E-state index is 12.9. The fourth-order valence-electron chi connectivity index (χ4n) is 1.34. The van der Waals surface area contributed by atoms with Gasteiger partial charge in [-0.05, 0) is 19.1 Å². The van der Waals surface area contributed by atoms with E-state index in [-0.39, 0.29) is 5.82 Å².